The summed E-state index contributed by atoms with van der Waals surface area (Å²) in [5.41, 5.74) is 0.767. The van der Waals surface area contributed by atoms with Crippen molar-refractivity contribution in [2.75, 3.05) is 18.5 Å². The van der Waals surface area contributed by atoms with Gasteiger partial charge in [0.2, 0.25) is 0 Å². The summed E-state index contributed by atoms with van der Waals surface area (Å²) in [6, 6.07) is 16.4. The van der Waals surface area contributed by atoms with Crippen LogP contribution in [0.25, 0.3) is 0 Å². The second-order valence-corrected chi connectivity index (χ2v) is 6.62. The topological polar surface area (TPSA) is 33.3 Å². The Morgan fingerprint density at radius 3 is 2.44 bits per heavy atom. The van der Waals surface area contributed by atoms with E-state index >= 15 is 0 Å². The van der Waals surface area contributed by atoms with Gasteiger partial charge in [0.15, 0.2) is 5.11 Å². The zero-order valence-corrected chi connectivity index (χ0v) is 15.2. The predicted octanol–water partition coefficient (Wildman–Crippen LogP) is 5.15. The molecule has 0 aliphatic heterocycles. The van der Waals surface area contributed by atoms with Crippen molar-refractivity contribution in [2.24, 2.45) is 0 Å². The molecule has 0 aromatic heterocycles. The first-order valence-electron chi connectivity index (χ1n) is 7.91. The molecule has 0 saturated carbocycles. The lowest BCUT2D eigenvalue weighted by molar-refractivity contribution is 0.252. The molecule has 0 atom stereocenters. The average Bonchev–Trinajstić information content (AvgIpc) is 2.60. The Hall–Kier alpha value is -1.86. The number of hydrogen-bond donors (Lipinski definition) is 2. The van der Waals surface area contributed by atoms with Gasteiger partial charge in [0.05, 0.1) is 6.61 Å². The highest BCUT2D eigenvalue weighted by Gasteiger charge is 2.05. The molecule has 0 radical (unpaired) electrons. The molecule has 3 nitrogen and oxygen atoms in total. The van der Waals surface area contributed by atoms with Crippen LogP contribution in [0.5, 0.6) is 5.75 Å². The number of unbranched alkanes of at least 4 members (excludes halogenated alkanes) is 1. The lowest BCUT2D eigenvalue weighted by Crippen LogP contribution is -2.29. The van der Waals surface area contributed by atoms with Crippen LogP contribution in [0.4, 0.5) is 14.5 Å². The van der Waals surface area contributed by atoms with Crippen LogP contribution in [0.1, 0.15) is 12.8 Å². The lowest BCUT2D eigenvalue weighted by Gasteiger charge is -2.11. The molecule has 2 aromatic rings. The molecular formula is C18H20F2N2OS2. The first-order chi connectivity index (χ1) is 12.1. The molecule has 25 heavy (non-hydrogen) atoms. The number of thioether (sulfide) groups is 1. The molecule has 2 aromatic carbocycles. The minimum absolute atomic E-state index is 0.512. The van der Waals surface area contributed by atoms with Crippen molar-refractivity contribution in [3.63, 3.8) is 0 Å². The summed E-state index contributed by atoms with van der Waals surface area (Å²) in [4.78, 5) is 0.526. The number of hydrogen-bond acceptors (Lipinski definition) is 3. The van der Waals surface area contributed by atoms with Crippen LogP contribution in [0.3, 0.4) is 0 Å². The third-order valence-electron chi connectivity index (χ3n) is 3.21. The van der Waals surface area contributed by atoms with E-state index in [9.17, 15) is 8.78 Å². The van der Waals surface area contributed by atoms with Gasteiger partial charge in [-0.1, -0.05) is 30.0 Å². The van der Waals surface area contributed by atoms with Crippen LogP contribution in [-0.2, 0) is 0 Å². The Balaban J connectivity index is 1.57. The molecule has 0 amide bonds. The second kappa shape index (κ2) is 10.9. The maximum Gasteiger partial charge on any atom is 0.288 e. The zero-order valence-electron chi connectivity index (χ0n) is 13.6. The summed E-state index contributed by atoms with van der Waals surface area (Å²) >= 11 is 5.74. The van der Waals surface area contributed by atoms with Crippen molar-refractivity contribution in [1.82, 2.24) is 5.32 Å². The van der Waals surface area contributed by atoms with Crippen molar-refractivity contribution in [3.8, 4) is 5.75 Å². The number of benzene rings is 2. The summed E-state index contributed by atoms with van der Waals surface area (Å²) in [5.74, 6) is -1.53. The highest BCUT2D eigenvalue weighted by Crippen LogP contribution is 2.26. The minimum atomic E-state index is -2.41. The molecule has 0 spiro atoms. The van der Waals surface area contributed by atoms with Gasteiger partial charge in [0.25, 0.3) is 5.76 Å². The summed E-state index contributed by atoms with van der Waals surface area (Å²) in [6.07, 6.45) is 1.85. The first-order valence-corrected chi connectivity index (χ1v) is 9.20. The smallest absolute Gasteiger partial charge is 0.288 e. The number of para-hydroxylation sites is 1. The molecule has 0 aliphatic carbocycles. The molecule has 0 heterocycles. The van der Waals surface area contributed by atoms with Gasteiger partial charge in [-0.05, 0) is 61.5 Å². The van der Waals surface area contributed by atoms with Gasteiger partial charge in [-0.25, -0.2) is 0 Å². The summed E-state index contributed by atoms with van der Waals surface area (Å²) in [7, 11) is 0. The van der Waals surface area contributed by atoms with Gasteiger partial charge < -0.3 is 15.4 Å². The maximum absolute atomic E-state index is 12.3. The van der Waals surface area contributed by atoms with Gasteiger partial charge >= 0.3 is 0 Å². The molecular weight excluding hydrogens is 362 g/mol. The number of rotatable bonds is 9. The highest BCUT2D eigenvalue weighted by molar-refractivity contribution is 7.99. The molecule has 0 fully saturated rings. The Labute approximate surface area is 156 Å². The van der Waals surface area contributed by atoms with E-state index in [2.05, 4.69) is 10.6 Å². The monoisotopic (exact) mass is 382 g/mol. The normalized spacial score (nSPS) is 10.5. The standard InChI is InChI=1S/C18H20F2N2OS2/c19-17(20)25-16-10-8-14(9-11-16)22-18(24)21-12-4-5-13-23-15-6-2-1-3-7-15/h1-3,6-11,17H,4-5,12-13H2,(H2,21,22,24). The van der Waals surface area contributed by atoms with Crippen molar-refractivity contribution < 1.29 is 13.5 Å². The quantitative estimate of drug-likeness (QED) is 0.356. The van der Waals surface area contributed by atoms with E-state index < -0.39 is 5.76 Å². The summed E-state index contributed by atoms with van der Waals surface area (Å²) in [6.45, 7) is 1.40. The van der Waals surface area contributed by atoms with Gasteiger partial charge in [-0.15, -0.1) is 0 Å². The number of nitrogens with one attached hydrogen (secondary N) is 2. The Bertz CT molecular complexity index is 639. The highest BCUT2D eigenvalue weighted by atomic mass is 32.2. The van der Waals surface area contributed by atoms with Gasteiger partial charge in [-0.2, -0.15) is 8.78 Å². The fraction of sp³-hybridized carbons (Fsp3) is 0.278. The predicted molar refractivity (Wildman–Crippen MR) is 104 cm³/mol. The molecule has 0 bridgehead atoms. The van der Waals surface area contributed by atoms with E-state index in [-0.39, 0.29) is 0 Å². The van der Waals surface area contributed by atoms with E-state index in [1.54, 1.807) is 24.3 Å². The molecule has 0 unspecified atom stereocenters. The van der Waals surface area contributed by atoms with E-state index in [0.29, 0.717) is 28.4 Å². The van der Waals surface area contributed by atoms with Gasteiger partial charge in [-0.3, -0.25) is 0 Å². The van der Waals surface area contributed by atoms with Crippen molar-refractivity contribution in [2.45, 2.75) is 23.5 Å². The number of alkyl halides is 2. The van der Waals surface area contributed by atoms with Gasteiger partial charge in [0, 0.05) is 17.1 Å². The van der Waals surface area contributed by atoms with Gasteiger partial charge in [0.1, 0.15) is 5.75 Å². The second-order valence-electron chi connectivity index (χ2n) is 5.15. The maximum atomic E-state index is 12.3. The van der Waals surface area contributed by atoms with Crippen LogP contribution in [0.2, 0.25) is 0 Å². The summed E-state index contributed by atoms with van der Waals surface area (Å²) < 4.78 is 30.1. The molecule has 2 rings (SSSR count). The van der Waals surface area contributed by atoms with Crippen LogP contribution in [-0.4, -0.2) is 24.0 Å². The third-order valence-corrected chi connectivity index (χ3v) is 4.17. The van der Waals surface area contributed by atoms with Crippen LogP contribution >= 0.6 is 24.0 Å². The van der Waals surface area contributed by atoms with E-state index in [4.69, 9.17) is 17.0 Å². The summed E-state index contributed by atoms with van der Waals surface area (Å²) in [5, 5.41) is 6.66. The third kappa shape index (κ3) is 8.18. The largest absolute Gasteiger partial charge is 0.494 e. The number of anilines is 1. The van der Waals surface area contributed by atoms with E-state index in [0.717, 1.165) is 30.8 Å². The molecule has 2 N–H and O–H groups in total. The fourth-order valence-electron chi connectivity index (χ4n) is 2.03. The number of ether oxygens (including phenoxy) is 1. The SMILES string of the molecule is FC(F)Sc1ccc(NC(=S)NCCCCOc2ccccc2)cc1. The lowest BCUT2D eigenvalue weighted by atomic mass is 10.3. The van der Waals surface area contributed by atoms with Crippen molar-refractivity contribution in [3.05, 3.63) is 54.6 Å². The zero-order chi connectivity index (χ0) is 17.9. The van der Waals surface area contributed by atoms with Crippen LogP contribution in [0, 0.1) is 0 Å². The van der Waals surface area contributed by atoms with E-state index in [1.807, 2.05) is 30.3 Å². The molecule has 134 valence electrons. The van der Waals surface area contributed by atoms with E-state index in [1.165, 1.54) is 0 Å². The number of thiocarbonyl (C=S) groups is 1. The molecule has 7 heteroatoms. The average molecular weight is 383 g/mol. The fourth-order valence-corrected chi connectivity index (χ4v) is 2.75. The van der Waals surface area contributed by atoms with Crippen LogP contribution < -0.4 is 15.4 Å². The minimum Gasteiger partial charge on any atom is -0.494 e. The Morgan fingerprint density at radius 1 is 1.04 bits per heavy atom. The molecule has 0 saturated heterocycles. The first kappa shape index (κ1) is 19.5. The number of halogens is 2. The van der Waals surface area contributed by atoms with Crippen molar-refractivity contribution in [1.29, 1.82) is 0 Å². The van der Waals surface area contributed by atoms with Crippen molar-refractivity contribution >= 4 is 34.8 Å². The van der Waals surface area contributed by atoms with Crippen LogP contribution in [0.15, 0.2) is 59.5 Å². The molecule has 0 aliphatic rings. The Morgan fingerprint density at radius 2 is 1.76 bits per heavy atom. The Kier molecular flexibility index (Phi) is 8.48.